The van der Waals surface area contributed by atoms with Crippen LogP contribution >= 0.6 is 15.9 Å². The fourth-order valence-electron chi connectivity index (χ4n) is 1.42. The van der Waals surface area contributed by atoms with Crippen molar-refractivity contribution in [3.63, 3.8) is 0 Å². The molecule has 0 aliphatic rings. The van der Waals surface area contributed by atoms with Gasteiger partial charge >= 0.3 is 0 Å². The maximum Gasteiger partial charge on any atom is 0.248 e. The summed E-state index contributed by atoms with van der Waals surface area (Å²) < 4.78 is 31.6. The second-order valence-electron chi connectivity index (χ2n) is 3.84. The minimum absolute atomic E-state index is 0.0815. The molecule has 0 unspecified atom stereocenters. The quantitative estimate of drug-likeness (QED) is 0.799. The zero-order valence-corrected chi connectivity index (χ0v) is 13.1. The van der Waals surface area contributed by atoms with Crippen LogP contribution in [0.2, 0.25) is 0 Å². The minimum atomic E-state index is -3.56. The van der Waals surface area contributed by atoms with E-state index in [1.165, 1.54) is 23.7 Å². The number of methoxy groups -OCH3 is 1. The summed E-state index contributed by atoms with van der Waals surface area (Å²) in [7, 11) is -0.596. The molecule has 18 heavy (non-hydrogen) atoms. The van der Waals surface area contributed by atoms with E-state index in [1.807, 2.05) is 6.92 Å². The maximum atomic E-state index is 12.4. The normalized spacial score (nSPS) is 11.8. The number of aromatic nitrogens is 1. The van der Waals surface area contributed by atoms with Crippen molar-refractivity contribution in [2.45, 2.75) is 24.7 Å². The second-order valence-corrected chi connectivity index (χ2v) is 6.77. The monoisotopic (exact) mass is 336 g/mol. The molecule has 0 amide bonds. The zero-order chi connectivity index (χ0) is 13.8. The number of sulfonamides is 1. The lowest BCUT2D eigenvalue weighted by Gasteiger charge is -2.18. The number of hydrogen-bond donors (Lipinski definition) is 0. The summed E-state index contributed by atoms with van der Waals surface area (Å²) in [5, 5.41) is 0. The maximum absolute atomic E-state index is 12.4. The molecule has 0 aliphatic heterocycles. The molecule has 1 rings (SSSR count). The van der Waals surface area contributed by atoms with Crippen molar-refractivity contribution in [2.24, 2.45) is 0 Å². The molecule has 0 saturated heterocycles. The van der Waals surface area contributed by atoms with Gasteiger partial charge in [0.25, 0.3) is 0 Å². The van der Waals surface area contributed by atoms with E-state index in [0.29, 0.717) is 11.0 Å². The van der Waals surface area contributed by atoms with Crippen LogP contribution in [0.3, 0.4) is 0 Å². The zero-order valence-electron chi connectivity index (χ0n) is 10.7. The first-order valence-electron chi connectivity index (χ1n) is 5.59. The lowest BCUT2D eigenvalue weighted by Crippen LogP contribution is -2.28. The van der Waals surface area contributed by atoms with Gasteiger partial charge in [0, 0.05) is 24.3 Å². The van der Waals surface area contributed by atoms with Crippen molar-refractivity contribution in [1.29, 1.82) is 0 Å². The SMILES string of the molecule is CCCCN(C)S(=O)(=O)c1cc(Br)cnc1OC. The summed E-state index contributed by atoms with van der Waals surface area (Å²) in [6, 6.07) is 1.50. The van der Waals surface area contributed by atoms with Gasteiger partial charge in [0.1, 0.15) is 4.90 Å². The molecular formula is C11H17BrN2O3S. The van der Waals surface area contributed by atoms with Crippen LogP contribution in [-0.2, 0) is 10.0 Å². The number of nitrogens with zero attached hydrogens (tertiary/aromatic N) is 2. The Balaban J connectivity index is 3.14. The van der Waals surface area contributed by atoms with E-state index >= 15 is 0 Å². The Morgan fingerprint density at radius 2 is 2.17 bits per heavy atom. The van der Waals surface area contributed by atoms with Crippen LogP contribution in [0.25, 0.3) is 0 Å². The van der Waals surface area contributed by atoms with Crippen molar-refractivity contribution >= 4 is 26.0 Å². The van der Waals surface area contributed by atoms with E-state index in [-0.39, 0.29) is 10.8 Å². The molecular weight excluding hydrogens is 320 g/mol. The van der Waals surface area contributed by atoms with Crippen LogP contribution in [0, 0.1) is 0 Å². The van der Waals surface area contributed by atoms with Gasteiger partial charge in [-0.1, -0.05) is 13.3 Å². The highest BCUT2D eigenvalue weighted by atomic mass is 79.9. The Morgan fingerprint density at radius 3 is 2.72 bits per heavy atom. The Bertz CT molecular complexity index is 505. The van der Waals surface area contributed by atoms with E-state index < -0.39 is 10.0 Å². The Labute approximate surface area is 116 Å². The third kappa shape index (κ3) is 3.43. The largest absolute Gasteiger partial charge is 0.480 e. The predicted molar refractivity (Wildman–Crippen MR) is 73.2 cm³/mol. The number of ether oxygens (including phenoxy) is 1. The van der Waals surface area contributed by atoms with Crippen molar-refractivity contribution in [3.05, 3.63) is 16.7 Å². The average molecular weight is 337 g/mol. The third-order valence-corrected chi connectivity index (χ3v) is 4.78. The first kappa shape index (κ1) is 15.4. The number of rotatable bonds is 6. The van der Waals surface area contributed by atoms with E-state index in [9.17, 15) is 8.42 Å². The molecule has 5 nitrogen and oxygen atoms in total. The van der Waals surface area contributed by atoms with Gasteiger partial charge in [0.05, 0.1) is 7.11 Å². The number of hydrogen-bond acceptors (Lipinski definition) is 4. The number of unbranched alkanes of at least 4 members (excludes halogenated alkanes) is 1. The van der Waals surface area contributed by atoms with E-state index in [0.717, 1.165) is 12.8 Å². The molecule has 0 bridgehead atoms. The number of pyridine rings is 1. The van der Waals surface area contributed by atoms with Crippen LogP contribution in [0.1, 0.15) is 19.8 Å². The minimum Gasteiger partial charge on any atom is -0.480 e. The first-order chi connectivity index (χ1) is 8.43. The summed E-state index contributed by atoms with van der Waals surface area (Å²) >= 11 is 3.22. The van der Waals surface area contributed by atoms with Crippen LogP contribution < -0.4 is 4.74 Å². The molecule has 0 N–H and O–H groups in total. The van der Waals surface area contributed by atoms with Crippen molar-refractivity contribution in [1.82, 2.24) is 9.29 Å². The van der Waals surface area contributed by atoms with Gasteiger partial charge < -0.3 is 4.74 Å². The summed E-state index contributed by atoms with van der Waals surface area (Å²) in [5.74, 6) is 0.113. The molecule has 0 radical (unpaired) electrons. The molecule has 1 aromatic heterocycles. The smallest absolute Gasteiger partial charge is 0.248 e. The molecule has 0 aromatic carbocycles. The van der Waals surface area contributed by atoms with Crippen molar-refractivity contribution < 1.29 is 13.2 Å². The van der Waals surface area contributed by atoms with E-state index in [2.05, 4.69) is 20.9 Å². The van der Waals surface area contributed by atoms with Gasteiger partial charge in [0.15, 0.2) is 0 Å². The molecule has 0 aliphatic carbocycles. The molecule has 0 saturated carbocycles. The average Bonchev–Trinajstić information content (AvgIpc) is 2.35. The summed E-state index contributed by atoms with van der Waals surface area (Å²) in [5.41, 5.74) is 0. The first-order valence-corrected chi connectivity index (χ1v) is 7.82. The predicted octanol–water partition coefficient (Wildman–Crippen LogP) is 2.27. The van der Waals surface area contributed by atoms with Gasteiger partial charge in [-0.3, -0.25) is 0 Å². The fraction of sp³-hybridized carbons (Fsp3) is 0.545. The summed E-state index contributed by atoms with van der Waals surface area (Å²) in [6.45, 7) is 2.50. The third-order valence-electron chi connectivity index (χ3n) is 2.49. The molecule has 1 aromatic rings. The highest BCUT2D eigenvalue weighted by molar-refractivity contribution is 9.10. The molecule has 0 fully saturated rings. The standard InChI is InChI=1S/C11H17BrN2O3S/c1-4-5-6-14(2)18(15,16)10-7-9(12)8-13-11(10)17-3/h7-8H,4-6H2,1-3H3. The highest BCUT2D eigenvalue weighted by Gasteiger charge is 2.25. The second kappa shape index (κ2) is 6.49. The summed E-state index contributed by atoms with van der Waals surface area (Å²) in [4.78, 5) is 4.03. The van der Waals surface area contributed by atoms with Gasteiger partial charge in [0.2, 0.25) is 15.9 Å². The van der Waals surface area contributed by atoms with Gasteiger partial charge in [-0.2, -0.15) is 0 Å². The molecule has 102 valence electrons. The lowest BCUT2D eigenvalue weighted by atomic mass is 10.3. The van der Waals surface area contributed by atoms with Gasteiger partial charge in [-0.15, -0.1) is 0 Å². The van der Waals surface area contributed by atoms with Crippen LogP contribution in [0.4, 0.5) is 0 Å². The Kier molecular flexibility index (Phi) is 5.55. The van der Waals surface area contributed by atoms with Gasteiger partial charge in [-0.05, 0) is 28.4 Å². The Hall–Kier alpha value is -0.660. The van der Waals surface area contributed by atoms with Crippen molar-refractivity contribution in [2.75, 3.05) is 20.7 Å². The molecule has 0 spiro atoms. The lowest BCUT2D eigenvalue weighted by molar-refractivity contribution is 0.380. The Morgan fingerprint density at radius 1 is 1.50 bits per heavy atom. The van der Waals surface area contributed by atoms with Gasteiger partial charge in [-0.25, -0.2) is 17.7 Å². The molecule has 7 heteroatoms. The van der Waals surface area contributed by atoms with E-state index in [4.69, 9.17) is 4.74 Å². The molecule has 0 atom stereocenters. The highest BCUT2D eigenvalue weighted by Crippen LogP contribution is 2.26. The van der Waals surface area contributed by atoms with Crippen LogP contribution in [0.5, 0.6) is 5.88 Å². The van der Waals surface area contributed by atoms with Crippen molar-refractivity contribution in [3.8, 4) is 5.88 Å². The topological polar surface area (TPSA) is 59.5 Å². The van der Waals surface area contributed by atoms with Crippen LogP contribution in [0.15, 0.2) is 21.6 Å². The fourth-order valence-corrected chi connectivity index (χ4v) is 3.24. The molecule has 1 heterocycles. The number of halogens is 1. The van der Waals surface area contributed by atoms with Crippen LogP contribution in [-0.4, -0.2) is 38.4 Å². The van der Waals surface area contributed by atoms with E-state index in [1.54, 1.807) is 7.05 Å². The summed E-state index contributed by atoms with van der Waals surface area (Å²) in [6.07, 6.45) is 3.26.